The van der Waals surface area contributed by atoms with Gasteiger partial charge in [0.05, 0.1) is 49.8 Å². The standard InChI is InChI=1S/C32H32N2O7S/c1-18(2)13-14-41-24-12-9-19(16-25(24)40-5)28-27(29(35)20-7-6-8-21(15-20)38-3)30(36)31(37)34(28)32-33-23-11-10-22(39-4)17-26(23)42-32/h6-12,15-18,28,35H,13-14H2,1-5H3. The van der Waals surface area contributed by atoms with Crippen molar-refractivity contribution in [3.05, 3.63) is 77.4 Å². The summed E-state index contributed by atoms with van der Waals surface area (Å²) in [6, 6.07) is 16.3. The average molecular weight is 589 g/mol. The van der Waals surface area contributed by atoms with Crippen molar-refractivity contribution >= 4 is 44.1 Å². The minimum atomic E-state index is -0.989. The molecule has 0 saturated carbocycles. The zero-order valence-electron chi connectivity index (χ0n) is 24.0. The summed E-state index contributed by atoms with van der Waals surface area (Å²) in [6.07, 6.45) is 0.869. The number of methoxy groups -OCH3 is 3. The van der Waals surface area contributed by atoms with Crippen LogP contribution in [0.25, 0.3) is 16.0 Å². The molecule has 4 aromatic rings. The molecule has 42 heavy (non-hydrogen) atoms. The largest absolute Gasteiger partial charge is 0.507 e. The molecule has 1 fully saturated rings. The molecule has 1 N–H and O–H groups in total. The Morgan fingerprint density at radius 1 is 0.952 bits per heavy atom. The number of benzene rings is 3. The second kappa shape index (κ2) is 12.1. The number of nitrogens with zero attached hydrogens (tertiary/aromatic N) is 2. The van der Waals surface area contributed by atoms with Crippen molar-refractivity contribution in [2.24, 2.45) is 5.92 Å². The maximum Gasteiger partial charge on any atom is 0.301 e. The second-order valence-electron chi connectivity index (χ2n) is 10.2. The predicted octanol–water partition coefficient (Wildman–Crippen LogP) is 6.37. The number of fused-ring (bicyclic) bond motifs is 1. The molecule has 2 heterocycles. The normalized spacial score (nSPS) is 16.3. The Labute approximate surface area is 247 Å². The van der Waals surface area contributed by atoms with Crippen LogP contribution >= 0.6 is 11.3 Å². The summed E-state index contributed by atoms with van der Waals surface area (Å²) in [5.74, 6) is 0.650. The van der Waals surface area contributed by atoms with Crippen molar-refractivity contribution in [2.45, 2.75) is 26.3 Å². The van der Waals surface area contributed by atoms with E-state index in [-0.39, 0.29) is 11.3 Å². The molecule has 0 radical (unpaired) electrons. The van der Waals surface area contributed by atoms with Gasteiger partial charge in [0.15, 0.2) is 16.6 Å². The van der Waals surface area contributed by atoms with Crippen LogP contribution in [0.1, 0.15) is 37.4 Å². The number of rotatable bonds is 10. The van der Waals surface area contributed by atoms with Crippen LogP contribution in [-0.2, 0) is 9.59 Å². The van der Waals surface area contributed by atoms with Gasteiger partial charge in [-0.3, -0.25) is 14.5 Å². The molecule has 1 aliphatic rings. The number of ketones is 1. The highest BCUT2D eigenvalue weighted by molar-refractivity contribution is 7.22. The number of hydrogen-bond acceptors (Lipinski definition) is 9. The minimum absolute atomic E-state index is 0.0689. The first-order chi connectivity index (χ1) is 20.2. The van der Waals surface area contributed by atoms with Gasteiger partial charge >= 0.3 is 5.91 Å². The van der Waals surface area contributed by atoms with Gasteiger partial charge in [-0.25, -0.2) is 4.98 Å². The van der Waals surface area contributed by atoms with Gasteiger partial charge in [-0.15, -0.1) is 0 Å². The lowest BCUT2D eigenvalue weighted by Gasteiger charge is -2.24. The third-order valence-electron chi connectivity index (χ3n) is 7.03. The summed E-state index contributed by atoms with van der Waals surface area (Å²) in [5, 5.41) is 11.8. The summed E-state index contributed by atoms with van der Waals surface area (Å²) in [7, 11) is 4.61. The highest BCUT2D eigenvalue weighted by Gasteiger charge is 2.48. The fourth-order valence-corrected chi connectivity index (χ4v) is 5.79. The zero-order valence-corrected chi connectivity index (χ0v) is 24.9. The van der Waals surface area contributed by atoms with Crippen LogP contribution in [0, 0.1) is 5.92 Å². The van der Waals surface area contributed by atoms with Crippen LogP contribution < -0.4 is 23.8 Å². The van der Waals surface area contributed by atoms with Crippen LogP contribution in [0.5, 0.6) is 23.0 Å². The van der Waals surface area contributed by atoms with E-state index in [9.17, 15) is 14.7 Å². The number of thiazole rings is 1. The Morgan fingerprint density at radius 2 is 1.71 bits per heavy atom. The van der Waals surface area contributed by atoms with Gasteiger partial charge in [-0.05, 0) is 60.4 Å². The first-order valence-corrected chi connectivity index (χ1v) is 14.3. The van der Waals surface area contributed by atoms with Crippen LogP contribution in [0.3, 0.4) is 0 Å². The molecule has 3 aromatic carbocycles. The van der Waals surface area contributed by atoms with Crippen molar-refractivity contribution in [3.8, 4) is 23.0 Å². The Hall–Kier alpha value is -4.57. The molecule has 0 aliphatic carbocycles. The Kier molecular flexibility index (Phi) is 8.35. The summed E-state index contributed by atoms with van der Waals surface area (Å²) >= 11 is 1.25. The van der Waals surface area contributed by atoms with E-state index in [2.05, 4.69) is 18.8 Å². The zero-order chi connectivity index (χ0) is 30.0. The summed E-state index contributed by atoms with van der Waals surface area (Å²) in [6.45, 7) is 4.75. The molecule has 0 bridgehead atoms. The van der Waals surface area contributed by atoms with E-state index in [1.807, 2.05) is 6.07 Å². The van der Waals surface area contributed by atoms with Gasteiger partial charge < -0.3 is 24.1 Å². The molecule has 1 aromatic heterocycles. The number of aliphatic hydroxyl groups excluding tert-OH is 1. The Bertz CT molecular complexity index is 1680. The fraction of sp³-hybridized carbons (Fsp3) is 0.281. The van der Waals surface area contributed by atoms with Crippen LogP contribution in [0.4, 0.5) is 5.13 Å². The third kappa shape index (κ3) is 5.49. The highest BCUT2D eigenvalue weighted by atomic mass is 32.1. The molecule has 10 heteroatoms. The van der Waals surface area contributed by atoms with Gasteiger partial charge in [-0.2, -0.15) is 0 Å². The first kappa shape index (κ1) is 28.9. The Balaban J connectivity index is 1.67. The molecule has 218 valence electrons. The SMILES string of the molecule is COc1cccc(C(O)=C2C(=O)C(=O)N(c3nc4ccc(OC)cc4s3)C2c2ccc(OCCC(C)C)c(OC)c2)c1. The number of carbonyl (C=O) groups is 2. The summed E-state index contributed by atoms with van der Waals surface area (Å²) in [5.41, 5.74) is 1.46. The second-order valence-corrected chi connectivity index (χ2v) is 11.2. The molecule has 1 saturated heterocycles. The molecular weight excluding hydrogens is 556 g/mol. The average Bonchev–Trinajstić information content (AvgIpc) is 3.53. The summed E-state index contributed by atoms with van der Waals surface area (Å²) in [4.78, 5) is 33.3. The molecular formula is C32H32N2O7S. The number of aromatic nitrogens is 1. The predicted molar refractivity (Wildman–Crippen MR) is 162 cm³/mol. The molecule has 1 amide bonds. The van der Waals surface area contributed by atoms with E-state index in [0.29, 0.717) is 57.3 Å². The Morgan fingerprint density at radius 3 is 2.43 bits per heavy atom. The lowest BCUT2D eigenvalue weighted by molar-refractivity contribution is -0.132. The highest BCUT2D eigenvalue weighted by Crippen LogP contribution is 2.46. The fourth-order valence-electron chi connectivity index (χ4n) is 4.77. The van der Waals surface area contributed by atoms with E-state index in [1.54, 1.807) is 61.7 Å². The molecule has 5 rings (SSSR count). The molecule has 1 aliphatic heterocycles. The third-order valence-corrected chi connectivity index (χ3v) is 8.05. The monoisotopic (exact) mass is 588 g/mol. The molecule has 1 atom stereocenters. The van der Waals surface area contributed by atoms with Gasteiger partial charge in [0.2, 0.25) is 0 Å². The number of anilines is 1. The van der Waals surface area contributed by atoms with Crippen molar-refractivity contribution < 1.29 is 33.6 Å². The molecule has 9 nitrogen and oxygen atoms in total. The van der Waals surface area contributed by atoms with E-state index < -0.39 is 17.7 Å². The number of aliphatic hydroxyl groups is 1. The number of Topliss-reactive ketones (excluding diaryl/α,β-unsaturated/α-hetero) is 1. The maximum absolute atomic E-state index is 13.7. The van der Waals surface area contributed by atoms with Crippen molar-refractivity contribution in [1.29, 1.82) is 0 Å². The molecule has 1 unspecified atom stereocenters. The van der Waals surface area contributed by atoms with Gasteiger partial charge in [0.25, 0.3) is 5.78 Å². The number of ether oxygens (including phenoxy) is 4. The van der Waals surface area contributed by atoms with Crippen LogP contribution in [-0.4, -0.2) is 49.7 Å². The topological polar surface area (TPSA) is 107 Å². The van der Waals surface area contributed by atoms with Crippen LogP contribution in [0.15, 0.2) is 66.2 Å². The minimum Gasteiger partial charge on any atom is -0.507 e. The number of hydrogen-bond donors (Lipinski definition) is 1. The smallest absolute Gasteiger partial charge is 0.301 e. The van der Waals surface area contributed by atoms with Crippen molar-refractivity contribution in [2.75, 3.05) is 32.8 Å². The van der Waals surface area contributed by atoms with E-state index in [0.717, 1.165) is 11.1 Å². The van der Waals surface area contributed by atoms with E-state index >= 15 is 0 Å². The van der Waals surface area contributed by atoms with E-state index in [4.69, 9.17) is 18.9 Å². The van der Waals surface area contributed by atoms with E-state index in [1.165, 1.54) is 30.5 Å². The van der Waals surface area contributed by atoms with Gasteiger partial charge in [0, 0.05) is 5.56 Å². The van der Waals surface area contributed by atoms with Gasteiger partial charge in [0.1, 0.15) is 17.3 Å². The number of carbonyl (C=O) groups excluding carboxylic acids is 2. The summed E-state index contributed by atoms with van der Waals surface area (Å²) < 4.78 is 23.1. The number of amides is 1. The lowest BCUT2D eigenvalue weighted by atomic mass is 9.95. The maximum atomic E-state index is 13.7. The van der Waals surface area contributed by atoms with Crippen molar-refractivity contribution in [3.63, 3.8) is 0 Å². The molecule has 0 spiro atoms. The first-order valence-electron chi connectivity index (χ1n) is 13.5. The quantitative estimate of drug-likeness (QED) is 0.129. The van der Waals surface area contributed by atoms with Gasteiger partial charge in [-0.1, -0.05) is 43.4 Å². The van der Waals surface area contributed by atoms with Crippen LogP contribution in [0.2, 0.25) is 0 Å². The lowest BCUT2D eigenvalue weighted by Crippen LogP contribution is -2.29. The van der Waals surface area contributed by atoms with Crippen molar-refractivity contribution in [1.82, 2.24) is 4.98 Å².